The lowest BCUT2D eigenvalue weighted by Gasteiger charge is -2.25. The molecule has 0 aliphatic carbocycles. The van der Waals surface area contributed by atoms with Crippen LogP contribution >= 0.6 is 15.9 Å². The summed E-state index contributed by atoms with van der Waals surface area (Å²) in [6.07, 6.45) is 0. The van der Waals surface area contributed by atoms with Crippen LogP contribution in [0.1, 0.15) is 0 Å². The van der Waals surface area contributed by atoms with Crippen molar-refractivity contribution in [2.24, 2.45) is 0 Å². The van der Waals surface area contributed by atoms with E-state index in [1.165, 1.54) is 0 Å². The minimum atomic E-state index is 0.212. The SMILES string of the molecule is [B]c1c([B])c([B])c(-c2c3ccccc3c(-c3ccc(Br)cc3)c3ccccc23)c([B])c1[B]. The fraction of sp³-hybridized carbons (Fsp3) is 0. The van der Waals surface area contributed by atoms with Crippen LogP contribution < -0.4 is 27.3 Å². The molecule has 0 bridgehead atoms. The van der Waals surface area contributed by atoms with E-state index in [0.717, 1.165) is 42.7 Å². The highest BCUT2D eigenvalue weighted by Gasteiger charge is 2.20. The highest BCUT2D eigenvalue weighted by Crippen LogP contribution is 2.42. The van der Waals surface area contributed by atoms with E-state index in [4.69, 9.17) is 39.2 Å². The van der Waals surface area contributed by atoms with Crippen LogP contribution in [0.5, 0.6) is 0 Å². The van der Waals surface area contributed by atoms with Crippen molar-refractivity contribution in [1.82, 2.24) is 0 Å². The Morgan fingerprint density at radius 3 is 1.22 bits per heavy atom. The van der Waals surface area contributed by atoms with Crippen LogP contribution in [-0.4, -0.2) is 39.2 Å². The second kappa shape index (κ2) is 8.08. The van der Waals surface area contributed by atoms with E-state index in [1.54, 1.807) is 0 Å². The van der Waals surface area contributed by atoms with E-state index < -0.39 is 0 Å². The summed E-state index contributed by atoms with van der Waals surface area (Å²) in [6, 6.07) is 24.7. The molecule has 138 valence electrons. The summed E-state index contributed by atoms with van der Waals surface area (Å²) in [5.41, 5.74) is 5.14. The van der Waals surface area contributed by atoms with Gasteiger partial charge in [-0.05, 0) is 55.9 Å². The van der Waals surface area contributed by atoms with Crippen molar-refractivity contribution in [3.05, 3.63) is 77.3 Å². The summed E-state index contributed by atoms with van der Waals surface area (Å²) in [6.45, 7) is 0. The lowest BCUT2D eigenvalue weighted by atomic mass is 9.59. The van der Waals surface area contributed by atoms with Crippen molar-refractivity contribution in [3.63, 3.8) is 0 Å². The first kappa shape index (κ1) is 21.3. The molecule has 0 saturated carbocycles. The standard InChI is InChI=1S/C26H12B5Br/c27-22-21(23(28)25(30)26(31)24(22)29)20-17-7-3-1-5-15(17)19(13-9-11-14(32)12-10-13)16-6-2-4-8-18(16)20/h1-12H. The number of benzene rings is 5. The molecule has 0 heterocycles. The van der Waals surface area contributed by atoms with Gasteiger partial charge in [-0.2, -0.15) is 0 Å². The van der Waals surface area contributed by atoms with Gasteiger partial charge in [0.25, 0.3) is 0 Å². The van der Waals surface area contributed by atoms with Gasteiger partial charge in [0.2, 0.25) is 0 Å². The van der Waals surface area contributed by atoms with E-state index in [2.05, 4.69) is 52.3 Å². The average molecular weight is 458 g/mol. The summed E-state index contributed by atoms with van der Waals surface area (Å²) in [7, 11) is 31.5. The highest BCUT2D eigenvalue weighted by molar-refractivity contribution is 9.10. The van der Waals surface area contributed by atoms with E-state index >= 15 is 0 Å². The Kier molecular flexibility index (Phi) is 5.38. The molecule has 0 nitrogen and oxygen atoms in total. The number of hydrogen-bond acceptors (Lipinski definition) is 0. The smallest absolute Gasteiger partial charge is 0.112 e. The molecule has 6 heteroatoms. The third-order valence-corrected chi connectivity index (χ3v) is 6.54. The molecule has 0 atom stereocenters. The Morgan fingerprint density at radius 1 is 0.406 bits per heavy atom. The van der Waals surface area contributed by atoms with Crippen LogP contribution in [0.4, 0.5) is 0 Å². The molecular weight excluding hydrogens is 446 g/mol. The first-order chi connectivity index (χ1) is 15.4. The topological polar surface area (TPSA) is 0 Å². The molecule has 0 aromatic heterocycles. The third-order valence-electron chi connectivity index (χ3n) is 6.01. The molecule has 0 N–H and O–H groups in total. The van der Waals surface area contributed by atoms with Crippen LogP contribution in [0.25, 0.3) is 43.8 Å². The number of hydrogen-bond donors (Lipinski definition) is 0. The maximum Gasteiger partial charge on any atom is 0.113 e. The maximum absolute atomic E-state index is 6.49. The molecule has 32 heavy (non-hydrogen) atoms. The highest BCUT2D eigenvalue weighted by atomic mass is 79.9. The fourth-order valence-electron chi connectivity index (χ4n) is 4.44. The largest absolute Gasteiger partial charge is 0.113 e. The number of rotatable bonds is 2. The van der Waals surface area contributed by atoms with Crippen molar-refractivity contribution in [2.75, 3.05) is 0 Å². The zero-order chi connectivity index (χ0) is 22.6. The quantitative estimate of drug-likeness (QED) is 0.281. The van der Waals surface area contributed by atoms with Gasteiger partial charge in [-0.1, -0.05) is 87.5 Å². The Labute approximate surface area is 203 Å². The van der Waals surface area contributed by atoms with Crippen molar-refractivity contribution in [1.29, 1.82) is 0 Å². The van der Waals surface area contributed by atoms with Crippen molar-refractivity contribution >= 4 is 104 Å². The fourth-order valence-corrected chi connectivity index (χ4v) is 4.71. The van der Waals surface area contributed by atoms with Crippen LogP contribution in [0.15, 0.2) is 77.3 Å². The summed E-state index contributed by atoms with van der Waals surface area (Å²) >= 11 is 3.53. The molecule has 0 aliphatic heterocycles. The van der Waals surface area contributed by atoms with Gasteiger partial charge in [-0.25, -0.2) is 0 Å². The third kappa shape index (κ3) is 3.19. The average Bonchev–Trinajstić information content (AvgIpc) is 2.82. The van der Waals surface area contributed by atoms with Crippen LogP contribution in [0.3, 0.4) is 0 Å². The second-order valence-corrected chi connectivity index (χ2v) is 8.71. The van der Waals surface area contributed by atoms with Gasteiger partial charge in [-0.3, -0.25) is 0 Å². The molecule has 5 aromatic carbocycles. The summed E-state index contributed by atoms with van der Waals surface area (Å²) in [5.74, 6) is 0. The minimum Gasteiger partial charge on any atom is -0.112 e. The van der Waals surface area contributed by atoms with Gasteiger partial charge in [-0.15, -0.1) is 16.4 Å². The molecule has 0 aliphatic rings. The molecule has 0 spiro atoms. The zero-order valence-electron chi connectivity index (χ0n) is 17.2. The minimum absolute atomic E-state index is 0.212. The predicted octanol–water partition coefficient (Wildman–Crippen LogP) is 2.06. The molecular formula is C26H12B5Br. The van der Waals surface area contributed by atoms with Gasteiger partial charge in [0.15, 0.2) is 0 Å². The molecule has 0 unspecified atom stereocenters. The van der Waals surface area contributed by atoms with Crippen molar-refractivity contribution in [2.45, 2.75) is 0 Å². The molecule has 5 aromatic rings. The van der Waals surface area contributed by atoms with E-state index in [0.29, 0.717) is 16.5 Å². The van der Waals surface area contributed by atoms with E-state index in [1.807, 2.05) is 36.4 Å². The lowest BCUT2D eigenvalue weighted by molar-refractivity contribution is 1.63. The van der Waals surface area contributed by atoms with Crippen LogP contribution in [0.2, 0.25) is 0 Å². The molecule has 0 fully saturated rings. The second-order valence-electron chi connectivity index (χ2n) is 7.79. The lowest BCUT2D eigenvalue weighted by Crippen LogP contribution is -2.55. The van der Waals surface area contributed by atoms with Crippen molar-refractivity contribution in [3.8, 4) is 22.3 Å². The first-order valence-corrected chi connectivity index (χ1v) is 10.9. The van der Waals surface area contributed by atoms with E-state index in [-0.39, 0.29) is 16.4 Å². The molecule has 10 radical (unpaired) electrons. The summed E-state index contributed by atoms with van der Waals surface area (Å²) < 4.78 is 1.03. The molecule has 0 amide bonds. The maximum atomic E-state index is 6.49. The number of fused-ring (bicyclic) bond motifs is 2. The Morgan fingerprint density at radius 2 is 0.781 bits per heavy atom. The molecule has 0 saturated heterocycles. The van der Waals surface area contributed by atoms with Gasteiger partial charge in [0.1, 0.15) is 39.2 Å². The monoisotopic (exact) mass is 458 g/mol. The first-order valence-electron chi connectivity index (χ1n) is 10.1. The van der Waals surface area contributed by atoms with Crippen LogP contribution in [0, 0.1) is 0 Å². The van der Waals surface area contributed by atoms with Gasteiger partial charge >= 0.3 is 0 Å². The van der Waals surface area contributed by atoms with Crippen LogP contribution in [-0.2, 0) is 0 Å². The Hall–Kier alpha value is -2.58. The summed E-state index contributed by atoms with van der Waals surface area (Å²) in [4.78, 5) is 0. The zero-order valence-corrected chi connectivity index (χ0v) is 18.8. The Bertz CT molecular complexity index is 1440. The molecule has 5 rings (SSSR count). The van der Waals surface area contributed by atoms with E-state index in [9.17, 15) is 0 Å². The van der Waals surface area contributed by atoms with Gasteiger partial charge in [0, 0.05) is 4.47 Å². The van der Waals surface area contributed by atoms with Gasteiger partial charge in [0.05, 0.1) is 0 Å². The van der Waals surface area contributed by atoms with Gasteiger partial charge < -0.3 is 0 Å². The summed E-state index contributed by atoms with van der Waals surface area (Å²) in [5, 5.41) is 4.17. The van der Waals surface area contributed by atoms with Crippen molar-refractivity contribution < 1.29 is 0 Å². The normalized spacial score (nSPS) is 11.3. The Balaban J connectivity index is 2.02. The predicted molar refractivity (Wildman–Crippen MR) is 147 cm³/mol. The number of halogens is 1.